The van der Waals surface area contributed by atoms with Crippen molar-refractivity contribution in [2.75, 3.05) is 11.4 Å². The van der Waals surface area contributed by atoms with Gasteiger partial charge in [-0.25, -0.2) is 17.9 Å². The number of ketones is 1. The highest BCUT2D eigenvalue weighted by Crippen LogP contribution is 2.30. The van der Waals surface area contributed by atoms with Crippen molar-refractivity contribution in [2.24, 2.45) is 0 Å². The van der Waals surface area contributed by atoms with E-state index in [4.69, 9.17) is 16.3 Å². The molecule has 1 aliphatic heterocycles. The average Bonchev–Trinajstić information content (AvgIpc) is 3.46. The molecule has 2 aliphatic rings. The third-order valence-corrected chi connectivity index (χ3v) is 7.65. The van der Waals surface area contributed by atoms with E-state index in [2.05, 4.69) is 4.72 Å². The lowest BCUT2D eigenvalue weighted by Gasteiger charge is -2.16. The number of hydrogen-bond acceptors (Lipinski definition) is 6. The molecule has 1 N–H and O–H groups in total. The van der Waals surface area contributed by atoms with Gasteiger partial charge in [-0.05, 0) is 68.1 Å². The Kier molecular flexibility index (Phi) is 6.30. The monoisotopic (exact) mass is 490 g/mol. The van der Waals surface area contributed by atoms with Crippen LogP contribution in [0.5, 0.6) is 0 Å². The molecule has 1 heterocycles. The summed E-state index contributed by atoms with van der Waals surface area (Å²) in [7, 11) is -3.87. The molecule has 0 spiro atoms. The third kappa shape index (κ3) is 4.95. The number of benzene rings is 2. The van der Waals surface area contributed by atoms with Gasteiger partial charge < -0.3 is 9.64 Å². The van der Waals surface area contributed by atoms with Crippen molar-refractivity contribution in [2.45, 2.75) is 50.2 Å². The Hall–Kier alpha value is -2.75. The Balaban J connectivity index is 1.48. The van der Waals surface area contributed by atoms with Gasteiger partial charge in [0.15, 0.2) is 6.10 Å². The minimum absolute atomic E-state index is 0.0124. The summed E-state index contributed by atoms with van der Waals surface area (Å²) in [5.74, 6) is -1.30. The highest BCUT2D eigenvalue weighted by atomic mass is 35.5. The van der Waals surface area contributed by atoms with E-state index in [0.29, 0.717) is 18.5 Å². The van der Waals surface area contributed by atoms with Crippen LogP contribution in [0.1, 0.15) is 53.0 Å². The molecule has 1 aliphatic carbocycles. The van der Waals surface area contributed by atoms with Crippen molar-refractivity contribution >= 4 is 45.0 Å². The molecular formula is C23H23ClN2O6S. The maximum absolute atomic E-state index is 12.9. The van der Waals surface area contributed by atoms with Crippen LogP contribution < -0.4 is 9.62 Å². The predicted octanol–water partition coefficient (Wildman–Crippen LogP) is 3.12. The molecule has 4 rings (SSSR count). The molecule has 1 saturated carbocycles. The summed E-state index contributed by atoms with van der Waals surface area (Å²) in [6, 6.07) is 8.73. The number of halogens is 1. The summed E-state index contributed by atoms with van der Waals surface area (Å²) in [4.78, 5) is 38.6. The van der Waals surface area contributed by atoms with Gasteiger partial charge in [0, 0.05) is 30.8 Å². The quantitative estimate of drug-likeness (QED) is 0.471. The number of nitrogens with one attached hydrogen (secondary N) is 1. The Morgan fingerprint density at radius 1 is 1.12 bits per heavy atom. The number of sulfonamides is 1. The molecule has 0 saturated heterocycles. The lowest BCUT2D eigenvalue weighted by Crippen LogP contribution is -2.27. The van der Waals surface area contributed by atoms with Crippen LogP contribution >= 0.6 is 11.6 Å². The van der Waals surface area contributed by atoms with Crippen LogP contribution in [-0.4, -0.2) is 44.8 Å². The Labute approximate surface area is 196 Å². The summed E-state index contributed by atoms with van der Waals surface area (Å²) in [5, 5.41) is -0.0124. The van der Waals surface area contributed by atoms with Crippen molar-refractivity contribution in [3.63, 3.8) is 0 Å². The van der Waals surface area contributed by atoms with Gasteiger partial charge in [0.05, 0.1) is 10.6 Å². The molecule has 1 amide bonds. The number of fused-ring (bicyclic) bond motifs is 1. The fourth-order valence-corrected chi connectivity index (χ4v) is 5.55. The number of nitrogens with zero attached hydrogens (tertiary/aromatic N) is 1. The zero-order chi connectivity index (χ0) is 23.9. The van der Waals surface area contributed by atoms with Crippen molar-refractivity contribution in [3.8, 4) is 0 Å². The molecular weight excluding hydrogens is 468 g/mol. The number of hydrogen-bond donors (Lipinski definition) is 1. The van der Waals surface area contributed by atoms with Crippen molar-refractivity contribution in [3.05, 3.63) is 58.1 Å². The minimum atomic E-state index is -3.87. The molecule has 2 aromatic rings. The van der Waals surface area contributed by atoms with Crippen LogP contribution in [-0.2, 0) is 26.0 Å². The average molecular weight is 491 g/mol. The summed E-state index contributed by atoms with van der Waals surface area (Å²) >= 11 is 6.05. The maximum atomic E-state index is 12.9. The summed E-state index contributed by atoms with van der Waals surface area (Å²) in [6.45, 7) is 3.51. The molecule has 1 fully saturated rings. The van der Waals surface area contributed by atoms with Crippen LogP contribution in [0.2, 0.25) is 5.02 Å². The van der Waals surface area contributed by atoms with Crippen molar-refractivity contribution < 1.29 is 27.5 Å². The number of carbonyl (C=O) groups is 3. The second-order valence-electron chi connectivity index (χ2n) is 8.22. The maximum Gasteiger partial charge on any atom is 0.338 e. The standard InChI is InChI=1S/C23H23ClN2O6S/c1-13(22(28)16-4-8-20-15(11-16)9-10-26(20)14(2)27)32-23(29)17-3-7-19(24)21(12-17)33(30,31)25-18-5-6-18/h3-4,7-8,11-13,18,25H,5-6,9-10H2,1-2H3. The molecule has 0 bridgehead atoms. The molecule has 8 nitrogen and oxygen atoms in total. The normalized spacial score (nSPS) is 16.3. The summed E-state index contributed by atoms with van der Waals surface area (Å²) < 4.78 is 32.9. The first kappa shape index (κ1) is 23.4. The van der Waals surface area contributed by atoms with E-state index in [9.17, 15) is 22.8 Å². The second kappa shape index (κ2) is 8.89. The molecule has 2 aromatic carbocycles. The number of ether oxygens (including phenoxy) is 1. The number of Topliss-reactive ketones (excluding diaryl/α,β-unsaturated/α-hetero) is 1. The largest absolute Gasteiger partial charge is 0.451 e. The Morgan fingerprint density at radius 3 is 2.48 bits per heavy atom. The first-order valence-electron chi connectivity index (χ1n) is 10.5. The van der Waals surface area contributed by atoms with Gasteiger partial charge in [-0.15, -0.1) is 0 Å². The third-order valence-electron chi connectivity index (χ3n) is 5.65. The van der Waals surface area contributed by atoms with E-state index in [0.717, 1.165) is 30.2 Å². The summed E-state index contributed by atoms with van der Waals surface area (Å²) in [6.07, 6.45) is 1.06. The van der Waals surface area contributed by atoms with Crippen LogP contribution in [0, 0.1) is 0 Å². The first-order chi connectivity index (χ1) is 15.6. The second-order valence-corrected chi connectivity index (χ2v) is 10.3. The molecule has 1 atom stereocenters. The molecule has 33 heavy (non-hydrogen) atoms. The van der Waals surface area contributed by atoms with Gasteiger partial charge in [-0.3, -0.25) is 9.59 Å². The number of esters is 1. The minimum Gasteiger partial charge on any atom is -0.451 e. The number of anilines is 1. The van der Waals surface area contributed by atoms with Gasteiger partial charge in [0.1, 0.15) is 4.90 Å². The van der Waals surface area contributed by atoms with Crippen LogP contribution in [0.15, 0.2) is 41.3 Å². The van der Waals surface area contributed by atoms with E-state index in [1.807, 2.05) is 0 Å². The zero-order valence-corrected chi connectivity index (χ0v) is 19.7. The number of amides is 1. The molecule has 174 valence electrons. The van der Waals surface area contributed by atoms with Gasteiger partial charge in [-0.2, -0.15) is 0 Å². The SMILES string of the molecule is CC(=O)N1CCc2cc(C(=O)C(C)OC(=O)c3ccc(Cl)c(S(=O)(=O)NC4CC4)c3)ccc21. The Morgan fingerprint density at radius 2 is 1.82 bits per heavy atom. The van der Waals surface area contributed by atoms with Gasteiger partial charge in [0.2, 0.25) is 21.7 Å². The zero-order valence-electron chi connectivity index (χ0n) is 18.1. The van der Waals surface area contributed by atoms with Gasteiger partial charge >= 0.3 is 5.97 Å². The fourth-order valence-electron chi connectivity index (χ4n) is 3.72. The van der Waals surface area contributed by atoms with Crippen LogP contribution in [0.25, 0.3) is 0 Å². The van der Waals surface area contributed by atoms with E-state index in [-0.39, 0.29) is 27.4 Å². The topological polar surface area (TPSA) is 110 Å². The highest BCUT2D eigenvalue weighted by molar-refractivity contribution is 7.89. The Bertz CT molecular complexity index is 1260. The van der Waals surface area contributed by atoms with Crippen molar-refractivity contribution in [1.82, 2.24) is 4.72 Å². The van der Waals surface area contributed by atoms with Crippen molar-refractivity contribution in [1.29, 1.82) is 0 Å². The van der Waals surface area contributed by atoms with E-state index in [1.54, 1.807) is 23.1 Å². The molecule has 10 heteroatoms. The van der Waals surface area contributed by atoms with E-state index in [1.165, 1.54) is 26.0 Å². The van der Waals surface area contributed by atoms with Crippen LogP contribution in [0.4, 0.5) is 5.69 Å². The van der Waals surface area contributed by atoms with Gasteiger partial charge in [-0.1, -0.05) is 11.6 Å². The number of rotatable bonds is 7. The molecule has 0 radical (unpaired) electrons. The lowest BCUT2D eigenvalue weighted by atomic mass is 10.0. The smallest absolute Gasteiger partial charge is 0.338 e. The predicted molar refractivity (Wildman–Crippen MR) is 122 cm³/mol. The molecule has 1 unspecified atom stereocenters. The number of carbonyl (C=O) groups excluding carboxylic acids is 3. The van der Waals surface area contributed by atoms with Gasteiger partial charge in [0.25, 0.3) is 0 Å². The highest BCUT2D eigenvalue weighted by Gasteiger charge is 2.30. The fraction of sp³-hybridized carbons (Fsp3) is 0.348. The van der Waals surface area contributed by atoms with Crippen LogP contribution in [0.3, 0.4) is 0 Å². The molecule has 0 aromatic heterocycles. The van der Waals surface area contributed by atoms with E-state index >= 15 is 0 Å². The van der Waals surface area contributed by atoms with E-state index < -0.39 is 27.9 Å². The lowest BCUT2D eigenvalue weighted by molar-refractivity contribution is -0.116. The summed E-state index contributed by atoms with van der Waals surface area (Å²) in [5.41, 5.74) is 2.00. The first-order valence-corrected chi connectivity index (χ1v) is 12.4.